The summed E-state index contributed by atoms with van der Waals surface area (Å²) in [5.74, 6) is 1.75. The molecule has 132 valence electrons. The quantitative estimate of drug-likeness (QED) is 0.703. The van der Waals surface area contributed by atoms with Crippen molar-refractivity contribution < 1.29 is 4.52 Å². The van der Waals surface area contributed by atoms with Crippen molar-refractivity contribution in [2.45, 2.75) is 52.2 Å². The highest BCUT2D eigenvalue weighted by atomic mass is 16.5. The van der Waals surface area contributed by atoms with E-state index in [1.807, 2.05) is 0 Å². The zero-order valence-corrected chi connectivity index (χ0v) is 14.4. The molecule has 4 rings (SSSR count). The van der Waals surface area contributed by atoms with E-state index in [0.717, 1.165) is 18.7 Å². The van der Waals surface area contributed by atoms with Crippen molar-refractivity contribution in [3.63, 3.8) is 0 Å². The summed E-state index contributed by atoms with van der Waals surface area (Å²) in [4.78, 5) is 8.50. The molecule has 0 spiro atoms. The van der Waals surface area contributed by atoms with Crippen molar-refractivity contribution in [3.05, 3.63) is 29.7 Å². The van der Waals surface area contributed by atoms with E-state index in [1.165, 1.54) is 24.9 Å². The van der Waals surface area contributed by atoms with Crippen molar-refractivity contribution in [2.75, 3.05) is 0 Å². The van der Waals surface area contributed by atoms with Crippen LogP contribution in [0.2, 0.25) is 0 Å². The van der Waals surface area contributed by atoms with Crippen molar-refractivity contribution in [2.24, 2.45) is 5.92 Å². The Morgan fingerprint density at radius 3 is 3.04 bits per heavy atom. The molecule has 9 nitrogen and oxygen atoms in total. The number of nitrogens with one attached hydrogen (secondary N) is 2. The summed E-state index contributed by atoms with van der Waals surface area (Å²) < 4.78 is 7.57. The lowest BCUT2D eigenvalue weighted by molar-refractivity contribution is 0.287. The smallest absolute Gasteiger partial charge is 0.244 e. The molecule has 9 heteroatoms. The molecule has 3 aromatic rings. The van der Waals surface area contributed by atoms with E-state index in [0.29, 0.717) is 30.0 Å². The third kappa shape index (κ3) is 3.32. The van der Waals surface area contributed by atoms with E-state index in [4.69, 9.17) is 4.52 Å². The lowest BCUT2D eigenvalue weighted by atomic mass is 10.0. The highest BCUT2D eigenvalue weighted by Crippen LogP contribution is 2.23. The molecule has 1 aliphatic rings. The number of aromatic amines is 1. The molecular weight excluding hydrogens is 320 g/mol. The Hall–Kier alpha value is -2.55. The van der Waals surface area contributed by atoms with Gasteiger partial charge in [0.05, 0.1) is 11.7 Å². The molecule has 1 aliphatic heterocycles. The molecule has 3 aromatic heterocycles. The van der Waals surface area contributed by atoms with Crippen LogP contribution >= 0.6 is 0 Å². The van der Waals surface area contributed by atoms with Crippen LogP contribution in [0.3, 0.4) is 0 Å². The Kier molecular flexibility index (Phi) is 4.31. The van der Waals surface area contributed by atoms with Crippen molar-refractivity contribution >= 4 is 0 Å². The third-order valence-corrected chi connectivity index (χ3v) is 4.47. The molecule has 1 unspecified atom stereocenters. The predicted molar refractivity (Wildman–Crippen MR) is 89.3 cm³/mol. The molecule has 0 aromatic carbocycles. The molecule has 0 radical (unpaired) electrons. The summed E-state index contributed by atoms with van der Waals surface area (Å²) in [6.07, 6.45) is 5.00. The minimum Gasteiger partial charge on any atom is -0.337 e. The first-order valence-electron chi connectivity index (χ1n) is 8.69. The van der Waals surface area contributed by atoms with Crippen LogP contribution in [0, 0.1) is 5.92 Å². The molecule has 0 fully saturated rings. The zero-order chi connectivity index (χ0) is 17.2. The minimum absolute atomic E-state index is 0.0529. The van der Waals surface area contributed by atoms with Crippen LogP contribution in [-0.4, -0.2) is 35.1 Å². The molecule has 25 heavy (non-hydrogen) atoms. The van der Waals surface area contributed by atoms with Gasteiger partial charge in [-0.2, -0.15) is 15.2 Å². The van der Waals surface area contributed by atoms with E-state index >= 15 is 0 Å². The Labute approximate surface area is 145 Å². The van der Waals surface area contributed by atoms with Gasteiger partial charge in [0.25, 0.3) is 0 Å². The van der Waals surface area contributed by atoms with Gasteiger partial charge < -0.3 is 4.52 Å². The predicted octanol–water partition coefficient (Wildman–Crippen LogP) is 1.87. The van der Waals surface area contributed by atoms with E-state index in [2.05, 4.69) is 60.3 Å². The summed E-state index contributed by atoms with van der Waals surface area (Å²) in [5.41, 5.74) is 2.38. The van der Waals surface area contributed by atoms with Crippen LogP contribution in [0.15, 0.2) is 16.9 Å². The first-order valence-corrected chi connectivity index (χ1v) is 8.69. The van der Waals surface area contributed by atoms with Gasteiger partial charge in [0.1, 0.15) is 6.33 Å². The summed E-state index contributed by atoms with van der Waals surface area (Å²) in [7, 11) is 0. The molecule has 0 aliphatic carbocycles. The van der Waals surface area contributed by atoms with Crippen molar-refractivity contribution in [1.29, 1.82) is 0 Å². The second-order valence-electron chi connectivity index (χ2n) is 6.70. The number of nitrogens with zero attached hydrogens (tertiary/aromatic N) is 6. The molecular formula is C16H22N8O. The second-order valence-corrected chi connectivity index (χ2v) is 6.70. The van der Waals surface area contributed by atoms with Crippen LogP contribution in [0.25, 0.3) is 11.6 Å². The van der Waals surface area contributed by atoms with Gasteiger partial charge in [0.2, 0.25) is 11.7 Å². The molecule has 2 N–H and O–H groups in total. The molecule has 0 bridgehead atoms. The van der Waals surface area contributed by atoms with Gasteiger partial charge >= 0.3 is 0 Å². The zero-order valence-electron chi connectivity index (χ0n) is 14.4. The highest BCUT2D eigenvalue weighted by Gasteiger charge is 2.24. The number of hydrogen-bond donors (Lipinski definition) is 2. The summed E-state index contributed by atoms with van der Waals surface area (Å²) >= 11 is 0. The Balaban J connectivity index is 1.47. The van der Waals surface area contributed by atoms with Gasteiger partial charge in [0, 0.05) is 18.8 Å². The number of aromatic nitrogens is 7. The standard InChI is InChI=1S/C16H22N8O/c1-10(2)13(16-20-15(23-25-16)14-18-9-19-21-14)17-8-11-7-12-5-3-4-6-24(12)22-11/h7,9-10,13,17H,3-6,8H2,1-2H3,(H,18,19,21). The van der Waals surface area contributed by atoms with Crippen LogP contribution < -0.4 is 5.32 Å². The summed E-state index contributed by atoms with van der Waals surface area (Å²) in [5, 5.41) is 18.7. The number of H-pyrrole nitrogens is 1. The molecule has 4 heterocycles. The monoisotopic (exact) mass is 342 g/mol. The molecule has 0 saturated carbocycles. The Morgan fingerprint density at radius 2 is 2.28 bits per heavy atom. The van der Waals surface area contributed by atoms with Gasteiger partial charge in [-0.3, -0.25) is 15.1 Å². The first kappa shape index (κ1) is 15.9. The van der Waals surface area contributed by atoms with Gasteiger partial charge in [-0.25, -0.2) is 4.98 Å². The van der Waals surface area contributed by atoms with E-state index in [1.54, 1.807) is 0 Å². The Morgan fingerprint density at radius 1 is 1.36 bits per heavy atom. The molecule has 0 saturated heterocycles. The lowest BCUT2D eigenvalue weighted by Gasteiger charge is -2.17. The van der Waals surface area contributed by atoms with Gasteiger partial charge in [0.15, 0.2) is 5.82 Å². The van der Waals surface area contributed by atoms with Crippen molar-refractivity contribution in [1.82, 2.24) is 40.4 Å². The minimum atomic E-state index is -0.0529. The number of rotatable bonds is 6. The first-order chi connectivity index (χ1) is 12.2. The van der Waals surface area contributed by atoms with Gasteiger partial charge in [-0.05, 0) is 31.2 Å². The number of hydrogen-bond acceptors (Lipinski definition) is 7. The molecule has 0 amide bonds. The molecule has 1 atom stereocenters. The van der Waals surface area contributed by atoms with E-state index in [-0.39, 0.29) is 6.04 Å². The highest BCUT2D eigenvalue weighted by molar-refractivity contribution is 5.39. The van der Waals surface area contributed by atoms with Gasteiger partial charge in [-0.15, -0.1) is 0 Å². The van der Waals surface area contributed by atoms with Crippen LogP contribution in [-0.2, 0) is 19.5 Å². The number of fused-ring (bicyclic) bond motifs is 1. The average molecular weight is 342 g/mol. The number of aryl methyl sites for hydroxylation is 2. The largest absolute Gasteiger partial charge is 0.337 e. The van der Waals surface area contributed by atoms with Crippen LogP contribution in [0.4, 0.5) is 0 Å². The lowest BCUT2D eigenvalue weighted by Crippen LogP contribution is -2.26. The summed E-state index contributed by atoms with van der Waals surface area (Å²) in [6.45, 7) is 5.93. The van der Waals surface area contributed by atoms with Crippen LogP contribution in [0.5, 0.6) is 0 Å². The maximum Gasteiger partial charge on any atom is 0.244 e. The van der Waals surface area contributed by atoms with E-state index in [9.17, 15) is 0 Å². The van der Waals surface area contributed by atoms with Crippen LogP contribution in [0.1, 0.15) is 50.0 Å². The average Bonchev–Trinajstić information content (AvgIpc) is 3.34. The maximum atomic E-state index is 5.44. The van der Waals surface area contributed by atoms with Crippen molar-refractivity contribution in [3.8, 4) is 11.6 Å². The second kappa shape index (κ2) is 6.75. The van der Waals surface area contributed by atoms with Gasteiger partial charge in [-0.1, -0.05) is 19.0 Å². The SMILES string of the molecule is CC(C)C(NCc1cc2n(n1)CCCC2)c1nc(-c2ncn[nH]2)no1. The summed E-state index contributed by atoms with van der Waals surface area (Å²) in [6, 6.07) is 2.14. The fraction of sp³-hybridized carbons (Fsp3) is 0.562. The maximum absolute atomic E-state index is 5.44. The third-order valence-electron chi connectivity index (χ3n) is 4.47. The fourth-order valence-corrected chi connectivity index (χ4v) is 3.16. The normalized spacial score (nSPS) is 15.5. The topological polar surface area (TPSA) is 110 Å². The van der Waals surface area contributed by atoms with E-state index < -0.39 is 0 Å². The Bertz CT molecular complexity index is 796. The fourth-order valence-electron chi connectivity index (χ4n) is 3.16.